The lowest BCUT2D eigenvalue weighted by molar-refractivity contribution is 0.306. The smallest absolute Gasteiger partial charge is 0.124 e. The zero-order valence-electron chi connectivity index (χ0n) is 13.9. The van der Waals surface area contributed by atoms with E-state index in [1.54, 1.807) is 18.4 Å². The van der Waals surface area contributed by atoms with Crippen LogP contribution in [0.3, 0.4) is 0 Å². The monoisotopic (exact) mass is 328 g/mol. The van der Waals surface area contributed by atoms with Crippen LogP contribution < -0.4 is 0 Å². The Balaban J connectivity index is 1.54. The van der Waals surface area contributed by atoms with Gasteiger partial charge in [0, 0.05) is 19.7 Å². The summed E-state index contributed by atoms with van der Waals surface area (Å²) in [5.74, 6) is -0.226. The lowest BCUT2D eigenvalue weighted by Gasteiger charge is -2.13. The van der Waals surface area contributed by atoms with E-state index in [0.29, 0.717) is 0 Å². The molecule has 0 spiro atoms. The summed E-state index contributed by atoms with van der Waals surface area (Å²) in [6.45, 7) is 1.73. The predicted molar refractivity (Wildman–Crippen MR) is 89.8 cm³/mol. The SMILES string of the molecule is CN(CCCc1cc(-c2ccc(F)cc2)n(C)n1)Cc1ccon1. The van der Waals surface area contributed by atoms with E-state index in [4.69, 9.17) is 4.52 Å². The van der Waals surface area contributed by atoms with Crippen LogP contribution in [-0.4, -0.2) is 33.4 Å². The lowest BCUT2D eigenvalue weighted by Crippen LogP contribution is -2.19. The molecular formula is C18H21FN4O. The van der Waals surface area contributed by atoms with Crippen LogP contribution >= 0.6 is 0 Å². The summed E-state index contributed by atoms with van der Waals surface area (Å²) < 4.78 is 19.7. The van der Waals surface area contributed by atoms with E-state index in [0.717, 1.165) is 48.6 Å². The number of hydrogen-bond acceptors (Lipinski definition) is 4. The summed E-state index contributed by atoms with van der Waals surface area (Å²) in [6.07, 6.45) is 3.50. The van der Waals surface area contributed by atoms with Gasteiger partial charge in [-0.05, 0) is 62.3 Å². The number of aryl methyl sites for hydroxylation is 2. The van der Waals surface area contributed by atoms with Crippen molar-refractivity contribution in [2.24, 2.45) is 7.05 Å². The van der Waals surface area contributed by atoms with Crippen molar-refractivity contribution in [3.63, 3.8) is 0 Å². The average Bonchev–Trinajstić information content (AvgIpc) is 3.18. The van der Waals surface area contributed by atoms with Crippen LogP contribution in [-0.2, 0) is 20.0 Å². The molecule has 2 aromatic heterocycles. The molecule has 0 aliphatic carbocycles. The molecule has 0 fully saturated rings. The van der Waals surface area contributed by atoms with Crippen LogP contribution in [0.1, 0.15) is 17.8 Å². The summed E-state index contributed by atoms with van der Waals surface area (Å²) in [5.41, 5.74) is 3.96. The van der Waals surface area contributed by atoms with E-state index in [-0.39, 0.29) is 5.82 Å². The van der Waals surface area contributed by atoms with Crippen molar-refractivity contribution in [3.05, 3.63) is 59.9 Å². The van der Waals surface area contributed by atoms with Gasteiger partial charge in [-0.1, -0.05) is 5.16 Å². The first-order valence-electron chi connectivity index (χ1n) is 7.98. The second kappa shape index (κ2) is 7.40. The summed E-state index contributed by atoms with van der Waals surface area (Å²) in [6, 6.07) is 10.5. The van der Waals surface area contributed by atoms with Crippen molar-refractivity contribution in [1.82, 2.24) is 19.8 Å². The maximum absolute atomic E-state index is 13.0. The molecule has 2 heterocycles. The number of halogens is 1. The zero-order valence-corrected chi connectivity index (χ0v) is 13.9. The largest absolute Gasteiger partial charge is 0.364 e. The molecule has 5 nitrogen and oxygen atoms in total. The fraction of sp³-hybridized carbons (Fsp3) is 0.333. The summed E-state index contributed by atoms with van der Waals surface area (Å²) in [4.78, 5) is 2.21. The number of nitrogens with zero attached hydrogens (tertiary/aromatic N) is 4. The maximum Gasteiger partial charge on any atom is 0.124 e. The normalized spacial score (nSPS) is 11.3. The van der Waals surface area contributed by atoms with Gasteiger partial charge in [0.2, 0.25) is 0 Å². The van der Waals surface area contributed by atoms with Gasteiger partial charge < -0.3 is 9.42 Å². The minimum atomic E-state index is -0.226. The predicted octanol–water partition coefficient (Wildman–Crippen LogP) is 3.28. The van der Waals surface area contributed by atoms with E-state index >= 15 is 0 Å². The molecule has 1 aromatic carbocycles. The summed E-state index contributed by atoms with van der Waals surface area (Å²) in [5, 5.41) is 8.48. The van der Waals surface area contributed by atoms with Gasteiger partial charge in [-0.3, -0.25) is 4.68 Å². The third-order valence-corrected chi connectivity index (χ3v) is 3.97. The first-order chi connectivity index (χ1) is 11.6. The Morgan fingerprint density at radius 1 is 1.17 bits per heavy atom. The van der Waals surface area contributed by atoms with Crippen molar-refractivity contribution in [3.8, 4) is 11.3 Å². The van der Waals surface area contributed by atoms with Gasteiger partial charge in [0.25, 0.3) is 0 Å². The molecule has 0 aliphatic rings. The van der Waals surface area contributed by atoms with Crippen LogP contribution in [0.25, 0.3) is 11.3 Å². The maximum atomic E-state index is 13.0. The molecule has 24 heavy (non-hydrogen) atoms. The van der Waals surface area contributed by atoms with Gasteiger partial charge in [0.05, 0.1) is 17.1 Å². The topological polar surface area (TPSA) is 47.1 Å². The van der Waals surface area contributed by atoms with Crippen molar-refractivity contribution < 1.29 is 8.91 Å². The first kappa shape index (κ1) is 16.4. The van der Waals surface area contributed by atoms with E-state index in [1.165, 1.54) is 12.1 Å². The zero-order chi connectivity index (χ0) is 16.9. The van der Waals surface area contributed by atoms with Gasteiger partial charge in [0.1, 0.15) is 12.1 Å². The third-order valence-electron chi connectivity index (χ3n) is 3.97. The van der Waals surface area contributed by atoms with Crippen molar-refractivity contribution >= 4 is 0 Å². The molecule has 0 saturated heterocycles. The Morgan fingerprint density at radius 2 is 1.96 bits per heavy atom. The van der Waals surface area contributed by atoms with Gasteiger partial charge in [-0.25, -0.2) is 4.39 Å². The fourth-order valence-corrected chi connectivity index (χ4v) is 2.74. The quantitative estimate of drug-likeness (QED) is 0.668. The second-order valence-electron chi connectivity index (χ2n) is 5.98. The molecular weight excluding hydrogens is 307 g/mol. The summed E-state index contributed by atoms with van der Waals surface area (Å²) >= 11 is 0. The third kappa shape index (κ3) is 4.08. The highest BCUT2D eigenvalue weighted by atomic mass is 19.1. The molecule has 0 amide bonds. The minimum absolute atomic E-state index is 0.226. The Hall–Kier alpha value is -2.47. The average molecular weight is 328 g/mol. The van der Waals surface area contributed by atoms with Crippen LogP contribution in [0, 0.1) is 5.82 Å². The Morgan fingerprint density at radius 3 is 2.67 bits per heavy atom. The van der Waals surface area contributed by atoms with E-state index < -0.39 is 0 Å². The molecule has 3 aromatic rings. The lowest BCUT2D eigenvalue weighted by atomic mass is 10.1. The van der Waals surface area contributed by atoms with Crippen molar-refractivity contribution in [2.75, 3.05) is 13.6 Å². The second-order valence-corrected chi connectivity index (χ2v) is 5.98. The van der Waals surface area contributed by atoms with Crippen LogP contribution in [0.5, 0.6) is 0 Å². The number of rotatable bonds is 7. The first-order valence-corrected chi connectivity index (χ1v) is 7.98. The molecule has 0 bridgehead atoms. The van der Waals surface area contributed by atoms with Gasteiger partial charge in [-0.2, -0.15) is 5.10 Å². The van der Waals surface area contributed by atoms with Crippen molar-refractivity contribution in [1.29, 1.82) is 0 Å². The number of hydrogen-bond donors (Lipinski definition) is 0. The standard InChI is InChI=1S/C18H21FN4O/c1-22(13-17-9-11-24-21-17)10-3-4-16-12-18(23(2)20-16)14-5-7-15(19)8-6-14/h5-9,11-12H,3-4,10,13H2,1-2H3. The highest BCUT2D eigenvalue weighted by Gasteiger charge is 2.09. The molecule has 3 rings (SSSR count). The Bertz CT molecular complexity index is 765. The molecule has 0 atom stereocenters. The van der Waals surface area contributed by atoms with Crippen LogP contribution in [0.4, 0.5) is 4.39 Å². The molecule has 0 N–H and O–H groups in total. The van der Waals surface area contributed by atoms with E-state index in [9.17, 15) is 4.39 Å². The van der Waals surface area contributed by atoms with E-state index in [2.05, 4.69) is 28.3 Å². The van der Waals surface area contributed by atoms with E-state index in [1.807, 2.05) is 17.8 Å². The number of benzene rings is 1. The van der Waals surface area contributed by atoms with Crippen LogP contribution in [0.2, 0.25) is 0 Å². The molecule has 0 unspecified atom stereocenters. The molecule has 0 radical (unpaired) electrons. The van der Waals surface area contributed by atoms with Crippen LogP contribution in [0.15, 0.2) is 47.2 Å². The minimum Gasteiger partial charge on any atom is -0.364 e. The Labute approximate surface area is 140 Å². The van der Waals surface area contributed by atoms with Gasteiger partial charge in [0.15, 0.2) is 0 Å². The molecule has 0 saturated carbocycles. The summed E-state index contributed by atoms with van der Waals surface area (Å²) in [7, 11) is 3.98. The highest BCUT2D eigenvalue weighted by molar-refractivity contribution is 5.59. The molecule has 6 heteroatoms. The molecule has 126 valence electrons. The van der Waals surface area contributed by atoms with Gasteiger partial charge >= 0.3 is 0 Å². The Kier molecular flexibility index (Phi) is 5.05. The fourth-order valence-electron chi connectivity index (χ4n) is 2.74. The molecule has 0 aliphatic heterocycles. The highest BCUT2D eigenvalue weighted by Crippen LogP contribution is 2.20. The van der Waals surface area contributed by atoms with Crippen molar-refractivity contribution in [2.45, 2.75) is 19.4 Å². The number of aromatic nitrogens is 3. The van der Waals surface area contributed by atoms with Gasteiger partial charge in [-0.15, -0.1) is 0 Å².